The summed E-state index contributed by atoms with van der Waals surface area (Å²) in [5.74, 6) is 1.30. The number of nitrogens with one attached hydrogen (secondary N) is 1. The Kier molecular flexibility index (Phi) is 6.42. The number of carbonyl (C=O) groups excluding carboxylic acids is 1. The van der Waals surface area contributed by atoms with Crippen LogP contribution in [0, 0.1) is 6.92 Å². The SMILES string of the molecule is CCSc1nnc(CNC(=O)c2cccc(C)c2)n1-c1ccc(Cl)c(Cl)c1. The van der Waals surface area contributed by atoms with E-state index in [0.29, 0.717) is 21.4 Å². The van der Waals surface area contributed by atoms with Crippen LogP contribution in [0.1, 0.15) is 28.7 Å². The average Bonchev–Trinajstić information content (AvgIpc) is 3.05. The summed E-state index contributed by atoms with van der Waals surface area (Å²) < 4.78 is 1.88. The predicted octanol–water partition coefficient (Wildman–Crippen LogP) is 4.92. The first kappa shape index (κ1) is 19.7. The Balaban J connectivity index is 1.87. The number of hydrogen-bond donors (Lipinski definition) is 1. The lowest BCUT2D eigenvalue weighted by Gasteiger charge is -2.11. The van der Waals surface area contributed by atoms with Crippen molar-refractivity contribution in [2.75, 3.05) is 5.75 Å². The highest BCUT2D eigenvalue weighted by Crippen LogP contribution is 2.28. The fraction of sp³-hybridized carbons (Fsp3) is 0.211. The monoisotopic (exact) mass is 420 g/mol. The molecule has 0 spiro atoms. The Labute approximate surface area is 172 Å². The summed E-state index contributed by atoms with van der Waals surface area (Å²) in [5, 5.41) is 13.1. The van der Waals surface area contributed by atoms with Crippen molar-refractivity contribution in [2.24, 2.45) is 0 Å². The number of aryl methyl sites for hydroxylation is 1. The smallest absolute Gasteiger partial charge is 0.251 e. The number of thioether (sulfide) groups is 1. The molecule has 1 amide bonds. The van der Waals surface area contributed by atoms with E-state index in [-0.39, 0.29) is 12.5 Å². The lowest BCUT2D eigenvalue weighted by atomic mass is 10.1. The van der Waals surface area contributed by atoms with Crippen molar-refractivity contribution in [1.29, 1.82) is 0 Å². The predicted molar refractivity (Wildman–Crippen MR) is 110 cm³/mol. The van der Waals surface area contributed by atoms with E-state index in [9.17, 15) is 4.79 Å². The largest absolute Gasteiger partial charge is 0.345 e. The molecule has 8 heteroatoms. The molecular weight excluding hydrogens is 403 g/mol. The first-order valence-electron chi connectivity index (χ1n) is 8.37. The van der Waals surface area contributed by atoms with E-state index >= 15 is 0 Å². The number of amides is 1. The molecule has 0 aliphatic rings. The van der Waals surface area contributed by atoms with Crippen LogP contribution in [0.3, 0.4) is 0 Å². The zero-order chi connectivity index (χ0) is 19.4. The average molecular weight is 421 g/mol. The Bertz CT molecular complexity index is 974. The zero-order valence-corrected chi connectivity index (χ0v) is 17.2. The molecule has 1 N–H and O–H groups in total. The maximum Gasteiger partial charge on any atom is 0.251 e. The third-order valence-electron chi connectivity index (χ3n) is 3.82. The van der Waals surface area contributed by atoms with Crippen LogP contribution in [-0.2, 0) is 6.54 Å². The molecule has 0 radical (unpaired) electrons. The van der Waals surface area contributed by atoms with Gasteiger partial charge in [-0.1, -0.05) is 59.6 Å². The van der Waals surface area contributed by atoms with Crippen molar-refractivity contribution < 1.29 is 4.79 Å². The molecule has 0 saturated carbocycles. The van der Waals surface area contributed by atoms with Gasteiger partial charge in [-0.25, -0.2) is 0 Å². The van der Waals surface area contributed by atoms with Crippen molar-refractivity contribution in [3.8, 4) is 5.69 Å². The summed E-state index contributed by atoms with van der Waals surface area (Å²) in [7, 11) is 0. The minimum Gasteiger partial charge on any atom is -0.345 e. The molecule has 2 aromatic carbocycles. The summed E-state index contributed by atoms with van der Waals surface area (Å²) in [5.41, 5.74) is 2.44. The number of nitrogens with zero attached hydrogens (tertiary/aromatic N) is 3. The number of halogens is 2. The van der Waals surface area contributed by atoms with Gasteiger partial charge < -0.3 is 5.32 Å². The van der Waals surface area contributed by atoms with E-state index in [1.165, 1.54) is 0 Å². The first-order chi connectivity index (χ1) is 13.0. The van der Waals surface area contributed by atoms with E-state index < -0.39 is 0 Å². The molecular formula is C19H18Cl2N4OS. The van der Waals surface area contributed by atoms with Crippen molar-refractivity contribution in [2.45, 2.75) is 25.5 Å². The van der Waals surface area contributed by atoms with E-state index in [1.54, 1.807) is 30.0 Å². The highest BCUT2D eigenvalue weighted by Gasteiger charge is 2.16. The number of hydrogen-bond acceptors (Lipinski definition) is 4. The number of rotatable bonds is 6. The Hall–Kier alpha value is -2.02. The minimum absolute atomic E-state index is 0.160. The second-order valence-corrected chi connectivity index (χ2v) is 7.86. The third-order valence-corrected chi connectivity index (χ3v) is 5.37. The molecule has 0 fully saturated rings. The van der Waals surface area contributed by atoms with Gasteiger partial charge in [0.15, 0.2) is 11.0 Å². The molecule has 5 nitrogen and oxygen atoms in total. The number of aromatic nitrogens is 3. The molecule has 0 atom stereocenters. The second-order valence-electron chi connectivity index (χ2n) is 5.82. The molecule has 3 rings (SSSR count). The van der Waals surface area contributed by atoms with E-state index in [1.807, 2.05) is 42.7 Å². The van der Waals surface area contributed by atoms with Gasteiger partial charge in [0.05, 0.1) is 22.3 Å². The normalized spacial score (nSPS) is 10.8. The van der Waals surface area contributed by atoms with Crippen molar-refractivity contribution in [1.82, 2.24) is 20.1 Å². The second kappa shape index (κ2) is 8.78. The van der Waals surface area contributed by atoms with Crippen LogP contribution in [-0.4, -0.2) is 26.4 Å². The summed E-state index contributed by atoms with van der Waals surface area (Å²) in [6, 6.07) is 12.8. The molecule has 0 aliphatic heterocycles. The van der Waals surface area contributed by atoms with Gasteiger partial charge in [-0.05, 0) is 43.0 Å². The summed E-state index contributed by atoms with van der Waals surface area (Å²) in [4.78, 5) is 12.4. The Morgan fingerprint density at radius 2 is 1.96 bits per heavy atom. The van der Waals surface area contributed by atoms with Crippen LogP contribution < -0.4 is 5.32 Å². The molecule has 0 saturated heterocycles. The van der Waals surface area contributed by atoms with Crippen LogP contribution in [0.2, 0.25) is 10.0 Å². The van der Waals surface area contributed by atoms with Crippen LogP contribution >= 0.6 is 35.0 Å². The van der Waals surface area contributed by atoms with E-state index in [2.05, 4.69) is 15.5 Å². The molecule has 0 bridgehead atoms. The van der Waals surface area contributed by atoms with Gasteiger partial charge >= 0.3 is 0 Å². The molecule has 0 unspecified atom stereocenters. The molecule has 140 valence electrons. The van der Waals surface area contributed by atoms with Gasteiger partial charge in [0.2, 0.25) is 0 Å². The van der Waals surface area contributed by atoms with Crippen LogP contribution in [0.5, 0.6) is 0 Å². The van der Waals surface area contributed by atoms with Crippen LogP contribution in [0.15, 0.2) is 47.6 Å². The first-order valence-corrected chi connectivity index (χ1v) is 10.1. The van der Waals surface area contributed by atoms with Gasteiger partial charge in [0.25, 0.3) is 5.91 Å². The molecule has 1 aromatic heterocycles. The van der Waals surface area contributed by atoms with Crippen molar-refractivity contribution in [3.63, 3.8) is 0 Å². The van der Waals surface area contributed by atoms with Gasteiger partial charge in [-0.15, -0.1) is 10.2 Å². The number of carbonyl (C=O) groups is 1. The summed E-state index contributed by atoms with van der Waals surface area (Å²) >= 11 is 13.8. The number of benzene rings is 2. The van der Waals surface area contributed by atoms with Crippen LogP contribution in [0.4, 0.5) is 0 Å². The fourth-order valence-electron chi connectivity index (χ4n) is 2.57. The molecule has 3 aromatic rings. The third kappa shape index (κ3) is 4.64. The van der Waals surface area contributed by atoms with Crippen molar-refractivity contribution in [3.05, 3.63) is 69.5 Å². The van der Waals surface area contributed by atoms with E-state index in [4.69, 9.17) is 23.2 Å². The maximum absolute atomic E-state index is 12.4. The Morgan fingerprint density at radius 1 is 1.15 bits per heavy atom. The minimum atomic E-state index is -0.160. The molecule has 0 aliphatic carbocycles. The molecule has 1 heterocycles. The van der Waals surface area contributed by atoms with Crippen molar-refractivity contribution >= 4 is 40.9 Å². The topological polar surface area (TPSA) is 59.8 Å². The highest BCUT2D eigenvalue weighted by atomic mass is 35.5. The standard InChI is InChI=1S/C19H18Cl2N4OS/c1-3-27-19-24-23-17(25(19)14-7-8-15(20)16(21)10-14)11-22-18(26)13-6-4-5-12(2)9-13/h4-10H,3,11H2,1-2H3,(H,22,26). The highest BCUT2D eigenvalue weighted by molar-refractivity contribution is 7.99. The summed E-state index contributed by atoms with van der Waals surface area (Å²) in [6.07, 6.45) is 0. The van der Waals surface area contributed by atoms with Gasteiger partial charge in [0, 0.05) is 5.56 Å². The quantitative estimate of drug-likeness (QED) is 0.574. The summed E-state index contributed by atoms with van der Waals surface area (Å²) in [6.45, 7) is 4.23. The fourth-order valence-corrected chi connectivity index (χ4v) is 3.56. The zero-order valence-electron chi connectivity index (χ0n) is 14.9. The maximum atomic E-state index is 12.4. The lowest BCUT2D eigenvalue weighted by molar-refractivity contribution is 0.0949. The van der Waals surface area contributed by atoms with Gasteiger partial charge in [-0.2, -0.15) is 0 Å². The van der Waals surface area contributed by atoms with Crippen LogP contribution in [0.25, 0.3) is 5.69 Å². The van der Waals surface area contributed by atoms with Gasteiger partial charge in [-0.3, -0.25) is 9.36 Å². The van der Waals surface area contributed by atoms with Gasteiger partial charge in [0.1, 0.15) is 0 Å². The molecule has 27 heavy (non-hydrogen) atoms. The lowest BCUT2D eigenvalue weighted by Crippen LogP contribution is -2.24. The Morgan fingerprint density at radius 3 is 2.67 bits per heavy atom. The van der Waals surface area contributed by atoms with E-state index in [0.717, 1.165) is 22.2 Å².